The van der Waals surface area contributed by atoms with Gasteiger partial charge in [0.1, 0.15) is 6.07 Å². The third-order valence-electron chi connectivity index (χ3n) is 3.95. The van der Waals surface area contributed by atoms with Crippen molar-refractivity contribution >= 4 is 17.0 Å². The lowest BCUT2D eigenvalue weighted by Crippen LogP contribution is -2.06. The van der Waals surface area contributed by atoms with Crippen LogP contribution in [0.3, 0.4) is 0 Å². The van der Waals surface area contributed by atoms with E-state index in [0.29, 0.717) is 28.1 Å². The Balaban J connectivity index is 2.30. The van der Waals surface area contributed by atoms with Crippen molar-refractivity contribution in [2.45, 2.75) is 20.3 Å². The highest BCUT2D eigenvalue weighted by Crippen LogP contribution is 2.25. The van der Waals surface area contributed by atoms with Crippen LogP contribution in [-0.2, 0) is 18.3 Å². The molecule has 0 bridgehead atoms. The van der Waals surface area contributed by atoms with Crippen LogP contribution in [0.4, 0.5) is 0 Å². The number of benzene rings is 1. The number of aromatic nitrogens is 3. The van der Waals surface area contributed by atoms with E-state index in [1.807, 2.05) is 42.2 Å². The molecule has 0 aliphatic heterocycles. The molecule has 0 aliphatic carbocycles. The van der Waals surface area contributed by atoms with Crippen molar-refractivity contribution in [3.8, 4) is 12.0 Å². The maximum absolute atomic E-state index is 10.9. The molecular weight excluding hydrogens is 292 g/mol. The van der Waals surface area contributed by atoms with Crippen LogP contribution in [-0.4, -0.2) is 25.2 Å². The molecule has 0 amide bonds. The first-order valence-electron chi connectivity index (χ1n) is 7.19. The summed E-state index contributed by atoms with van der Waals surface area (Å²) in [6.45, 7) is 3.99. The zero-order valence-electron chi connectivity index (χ0n) is 13.2. The zero-order valence-corrected chi connectivity index (χ0v) is 13.2. The molecule has 0 spiro atoms. The summed E-state index contributed by atoms with van der Waals surface area (Å²) >= 11 is 0. The van der Waals surface area contributed by atoms with Gasteiger partial charge in [-0.05, 0) is 43.7 Å². The molecule has 3 aromatic rings. The molecule has 6 nitrogen and oxygen atoms in total. The van der Waals surface area contributed by atoms with Gasteiger partial charge in [0, 0.05) is 18.4 Å². The fourth-order valence-corrected chi connectivity index (χ4v) is 2.94. The van der Waals surface area contributed by atoms with Gasteiger partial charge in [-0.15, -0.1) is 0 Å². The number of aryl methyl sites for hydroxylation is 3. The molecule has 6 heteroatoms. The fraction of sp³-hybridized carbons (Fsp3) is 0.235. The van der Waals surface area contributed by atoms with Gasteiger partial charge in [0.25, 0.3) is 0 Å². The van der Waals surface area contributed by atoms with Crippen molar-refractivity contribution in [1.29, 1.82) is 5.26 Å². The number of carbonyl (C=O) groups is 1. The Morgan fingerprint density at radius 1 is 1.30 bits per heavy atom. The normalized spacial score (nSPS) is 10.9. The average Bonchev–Trinajstić information content (AvgIpc) is 2.98. The number of hydrogen-bond donors (Lipinski definition) is 1. The highest BCUT2D eigenvalue weighted by atomic mass is 16.4. The topological polar surface area (TPSA) is 83.8 Å². The summed E-state index contributed by atoms with van der Waals surface area (Å²) in [5, 5.41) is 18.4. The minimum absolute atomic E-state index is 0.127. The molecule has 0 unspecified atom stereocenters. The van der Waals surface area contributed by atoms with Crippen molar-refractivity contribution in [2.75, 3.05) is 0 Å². The van der Waals surface area contributed by atoms with Crippen LogP contribution in [0.1, 0.15) is 22.5 Å². The Morgan fingerprint density at radius 3 is 2.52 bits per heavy atom. The van der Waals surface area contributed by atoms with Crippen molar-refractivity contribution < 1.29 is 9.90 Å². The number of fused-ring (bicyclic) bond motifs is 1. The fourth-order valence-electron chi connectivity index (χ4n) is 2.94. The number of carboxylic acid groups (broad SMARTS) is 1. The van der Waals surface area contributed by atoms with E-state index in [4.69, 9.17) is 5.11 Å². The molecule has 2 aromatic heterocycles. The van der Waals surface area contributed by atoms with Gasteiger partial charge < -0.3 is 9.67 Å². The molecule has 23 heavy (non-hydrogen) atoms. The first kappa shape index (κ1) is 14.9. The summed E-state index contributed by atoms with van der Waals surface area (Å²) in [6, 6.07) is 9.53. The Morgan fingerprint density at radius 2 is 1.96 bits per heavy atom. The van der Waals surface area contributed by atoms with Crippen LogP contribution in [0.25, 0.3) is 17.0 Å². The molecule has 2 heterocycles. The zero-order chi connectivity index (χ0) is 16.7. The molecule has 0 saturated heterocycles. The molecule has 0 fully saturated rings. The number of hydrogen-bond acceptors (Lipinski definition) is 3. The number of nitrogens with zero attached hydrogens (tertiary/aromatic N) is 4. The summed E-state index contributed by atoms with van der Waals surface area (Å²) in [7, 11) is 1.86. The highest BCUT2D eigenvalue weighted by molar-refractivity contribution is 5.85. The Kier molecular flexibility index (Phi) is 3.41. The second-order valence-corrected chi connectivity index (χ2v) is 5.62. The summed E-state index contributed by atoms with van der Waals surface area (Å²) in [4.78, 5) is 15.6. The molecule has 0 atom stereocenters. The number of nitriles is 1. The van der Waals surface area contributed by atoms with E-state index in [-0.39, 0.29) is 6.42 Å². The third-order valence-corrected chi connectivity index (χ3v) is 3.95. The third kappa shape index (κ3) is 2.36. The number of rotatable bonds is 3. The van der Waals surface area contributed by atoms with Gasteiger partial charge in [-0.3, -0.25) is 9.36 Å². The van der Waals surface area contributed by atoms with E-state index in [2.05, 4.69) is 11.1 Å². The van der Waals surface area contributed by atoms with Crippen molar-refractivity contribution in [3.63, 3.8) is 0 Å². The van der Waals surface area contributed by atoms with Crippen LogP contribution in [0.2, 0.25) is 0 Å². The predicted molar refractivity (Wildman–Crippen MR) is 85.6 cm³/mol. The summed E-state index contributed by atoms with van der Waals surface area (Å²) in [5.41, 5.74) is 4.44. The summed E-state index contributed by atoms with van der Waals surface area (Å²) in [6.07, 6.45) is -0.127. The van der Waals surface area contributed by atoms with Gasteiger partial charge in [-0.25, -0.2) is 4.98 Å². The maximum atomic E-state index is 10.9. The van der Waals surface area contributed by atoms with E-state index < -0.39 is 5.97 Å². The molecule has 0 saturated carbocycles. The van der Waals surface area contributed by atoms with Gasteiger partial charge in [0.2, 0.25) is 5.95 Å². The van der Waals surface area contributed by atoms with Crippen molar-refractivity contribution in [3.05, 3.63) is 46.8 Å². The SMILES string of the molecule is Cc1ccc(C)n1-c1nc2cc(CC(=O)O)cc(C#N)c2n1C. The van der Waals surface area contributed by atoms with E-state index in [1.54, 1.807) is 12.1 Å². The monoisotopic (exact) mass is 308 g/mol. The first-order chi connectivity index (χ1) is 10.9. The minimum atomic E-state index is -0.929. The van der Waals surface area contributed by atoms with Crippen LogP contribution >= 0.6 is 0 Å². The van der Waals surface area contributed by atoms with Crippen LogP contribution < -0.4 is 0 Å². The second-order valence-electron chi connectivity index (χ2n) is 5.62. The van der Waals surface area contributed by atoms with Crippen LogP contribution in [0.15, 0.2) is 24.3 Å². The Hall–Kier alpha value is -3.07. The smallest absolute Gasteiger partial charge is 0.307 e. The minimum Gasteiger partial charge on any atom is -0.481 e. The van der Waals surface area contributed by atoms with Crippen molar-refractivity contribution in [1.82, 2.24) is 14.1 Å². The average molecular weight is 308 g/mol. The standard InChI is InChI=1S/C17H16N4O2/c1-10-4-5-11(2)21(10)17-19-14-7-12(8-15(22)23)6-13(9-18)16(14)20(17)3/h4-7H,8H2,1-3H3,(H,22,23). The Labute approximate surface area is 133 Å². The number of imidazole rings is 1. The van der Waals surface area contributed by atoms with E-state index in [1.165, 1.54) is 0 Å². The van der Waals surface area contributed by atoms with Crippen LogP contribution in [0.5, 0.6) is 0 Å². The first-order valence-corrected chi connectivity index (χ1v) is 7.19. The largest absolute Gasteiger partial charge is 0.481 e. The molecule has 1 aromatic carbocycles. The van der Waals surface area contributed by atoms with E-state index in [9.17, 15) is 10.1 Å². The van der Waals surface area contributed by atoms with Gasteiger partial charge in [0.05, 0.1) is 23.0 Å². The Bertz CT molecular complexity index is 953. The molecule has 116 valence electrons. The molecule has 1 N–H and O–H groups in total. The van der Waals surface area contributed by atoms with Crippen molar-refractivity contribution in [2.24, 2.45) is 7.05 Å². The van der Waals surface area contributed by atoms with E-state index in [0.717, 1.165) is 11.4 Å². The van der Waals surface area contributed by atoms with E-state index >= 15 is 0 Å². The van der Waals surface area contributed by atoms with Gasteiger partial charge in [-0.1, -0.05) is 0 Å². The maximum Gasteiger partial charge on any atom is 0.307 e. The molecule has 0 radical (unpaired) electrons. The molecule has 0 aliphatic rings. The lowest BCUT2D eigenvalue weighted by atomic mass is 10.1. The second kappa shape index (κ2) is 5.29. The highest BCUT2D eigenvalue weighted by Gasteiger charge is 2.17. The molecular formula is C17H16N4O2. The predicted octanol–water partition coefficient (Wildman–Crippen LogP) is 2.48. The quantitative estimate of drug-likeness (QED) is 0.805. The number of carboxylic acids is 1. The van der Waals surface area contributed by atoms with Gasteiger partial charge in [0.15, 0.2) is 0 Å². The van der Waals surface area contributed by atoms with Gasteiger partial charge >= 0.3 is 5.97 Å². The lowest BCUT2D eigenvalue weighted by molar-refractivity contribution is -0.136. The summed E-state index contributed by atoms with van der Waals surface area (Å²) < 4.78 is 3.89. The molecule has 3 rings (SSSR count). The number of aliphatic carboxylic acids is 1. The summed E-state index contributed by atoms with van der Waals surface area (Å²) in [5.74, 6) is -0.217. The van der Waals surface area contributed by atoms with Crippen LogP contribution in [0, 0.1) is 25.2 Å². The van der Waals surface area contributed by atoms with Gasteiger partial charge in [-0.2, -0.15) is 5.26 Å². The lowest BCUT2D eigenvalue weighted by Gasteiger charge is -2.09.